The first-order valence-corrected chi connectivity index (χ1v) is 8.45. The van der Waals surface area contributed by atoms with Crippen LogP contribution in [0.3, 0.4) is 0 Å². The molecule has 0 aliphatic heterocycles. The zero-order valence-electron chi connectivity index (χ0n) is 14.0. The SMILES string of the molecule is CCCN(CC(C)(CCC)CNCC(C)C)C1CC1. The second-order valence-electron chi connectivity index (χ2n) is 7.29. The smallest absolute Gasteiger partial charge is 0.00966 e. The minimum absolute atomic E-state index is 0.446. The van der Waals surface area contributed by atoms with Gasteiger partial charge in [0, 0.05) is 19.1 Å². The first-order chi connectivity index (χ1) is 9.00. The number of nitrogens with zero attached hydrogens (tertiary/aromatic N) is 1. The van der Waals surface area contributed by atoms with Gasteiger partial charge in [-0.05, 0) is 50.1 Å². The van der Waals surface area contributed by atoms with Crippen molar-refractivity contribution in [3.05, 3.63) is 0 Å². The molecule has 0 aromatic carbocycles. The molecule has 1 fully saturated rings. The lowest BCUT2D eigenvalue weighted by atomic mass is 9.84. The first kappa shape index (κ1) is 17.0. The normalized spacial score (nSPS) is 19.1. The van der Waals surface area contributed by atoms with Crippen molar-refractivity contribution in [2.24, 2.45) is 11.3 Å². The molecule has 1 saturated carbocycles. The van der Waals surface area contributed by atoms with Crippen molar-refractivity contribution in [3.63, 3.8) is 0 Å². The van der Waals surface area contributed by atoms with E-state index in [0.717, 1.165) is 18.5 Å². The lowest BCUT2D eigenvalue weighted by Gasteiger charge is -2.36. The molecule has 0 aromatic heterocycles. The molecule has 0 spiro atoms. The van der Waals surface area contributed by atoms with Crippen molar-refractivity contribution < 1.29 is 0 Å². The van der Waals surface area contributed by atoms with E-state index in [9.17, 15) is 0 Å². The van der Waals surface area contributed by atoms with E-state index >= 15 is 0 Å². The maximum Gasteiger partial charge on any atom is 0.00966 e. The zero-order chi connectivity index (χ0) is 14.3. The molecule has 1 aliphatic rings. The van der Waals surface area contributed by atoms with Crippen LogP contribution in [0, 0.1) is 11.3 Å². The Labute approximate surface area is 121 Å². The Bertz CT molecular complexity index is 235. The molecule has 0 radical (unpaired) electrons. The van der Waals surface area contributed by atoms with E-state index in [4.69, 9.17) is 0 Å². The van der Waals surface area contributed by atoms with Crippen molar-refractivity contribution in [3.8, 4) is 0 Å². The molecule has 1 aliphatic carbocycles. The predicted molar refractivity (Wildman–Crippen MR) is 85.6 cm³/mol. The van der Waals surface area contributed by atoms with E-state index in [1.165, 1.54) is 51.7 Å². The van der Waals surface area contributed by atoms with E-state index in [0.29, 0.717) is 5.41 Å². The van der Waals surface area contributed by atoms with Crippen LogP contribution in [0.5, 0.6) is 0 Å². The number of nitrogens with one attached hydrogen (secondary N) is 1. The molecule has 1 N–H and O–H groups in total. The minimum Gasteiger partial charge on any atom is -0.316 e. The lowest BCUT2D eigenvalue weighted by molar-refractivity contribution is 0.141. The van der Waals surface area contributed by atoms with Crippen LogP contribution in [0.4, 0.5) is 0 Å². The average molecular weight is 268 g/mol. The highest BCUT2D eigenvalue weighted by Gasteiger charge is 2.33. The Morgan fingerprint density at radius 2 is 1.89 bits per heavy atom. The molecule has 0 bridgehead atoms. The Balaban J connectivity index is 2.47. The van der Waals surface area contributed by atoms with Crippen LogP contribution in [-0.4, -0.2) is 37.1 Å². The summed E-state index contributed by atoms with van der Waals surface area (Å²) in [6, 6.07) is 0.904. The minimum atomic E-state index is 0.446. The van der Waals surface area contributed by atoms with Gasteiger partial charge in [-0.15, -0.1) is 0 Å². The predicted octanol–water partition coefficient (Wildman–Crippen LogP) is 3.91. The van der Waals surface area contributed by atoms with Crippen LogP contribution in [-0.2, 0) is 0 Å². The Morgan fingerprint density at radius 3 is 2.37 bits per heavy atom. The molecule has 1 atom stereocenters. The molecule has 0 heterocycles. The van der Waals surface area contributed by atoms with Crippen molar-refractivity contribution in [2.45, 2.75) is 72.8 Å². The molecule has 2 heteroatoms. The second-order valence-corrected chi connectivity index (χ2v) is 7.29. The number of rotatable bonds is 11. The first-order valence-electron chi connectivity index (χ1n) is 8.45. The van der Waals surface area contributed by atoms with Gasteiger partial charge in [-0.2, -0.15) is 0 Å². The van der Waals surface area contributed by atoms with E-state index in [2.05, 4.69) is 44.8 Å². The van der Waals surface area contributed by atoms with Crippen LogP contribution in [0.2, 0.25) is 0 Å². The summed E-state index contributed by atoms with van der Waals surface area (Å²) in [4.78, 5) is 2.76. The number of hydrogen-bond donors (Lipinski definition) is 1. The summed E-state index contributed by atoms with van der Waals surface area (Å²) >= 11 is 0. The largest absolute Gasteiger partial charge is 0.316 e. The maximum absolute atomic E-state index is 3.69. The molecule has 19 heavy (non-hydrogen) atoms. The van der Waals surface area contributed by atoms with Crippen molar-refractivity contribution >= 4 is 0 Å². The molecular weight excluding hydrogens is 232 g/mol. The van der Waals surface area contributed by atoms with Gasteiger partial charge in [0.15, 0.2) is 0 Å². The molecule has 0 aromatic rings. The quantitative estimate of drug-likeness (QED) is 0.611. The van der Waals surface area contributed by atoms with Gasteiger partial charge in [0.2, 0.25) is 0 Å². The fraction of sp³-hybridized carbons (Fsp3) is 1.00. The second kappa shape index (κ2) is 8.26. The third-order valence-corrected chi connectivity index (χ3v) is 4.12. The van der Waals surface area contributed by atoms with Crippen LogP contribution in [0.25, 0.3) is 0 Å². The van der Waals surface area contributed by atoms with Gasteiger partial charge in [0.25, 0.3) is 0 Å². The van der Waals surface area contributed by atoms with Gasteiger partial charge in [-0.25, -0.2) is 0 Å². The van der Waals surface area contributed by atoms with Gasteiger partial charge in [0.1, 0.15) is 0 Å². The van der Waals surface area contributed by atoms with Crippen molar-refractivity contribution in [2.75, 3.05) is 26.2 Å². The van der Waals surface area contributed by atoms with Crippen LogP contribution in [0.1, 0.15) is 66.7 Å². The van der Waals surface area contributed by atoms with Gasteiger partial charge in [-0.1, -0.05) is 41.0 Å². The summed E-state index contributed by atoms with van der Waals surface area (Å²) in [5.41, 5.74) is 0.446. The van der Waals surface area contributed by atoms with E-state index in [1.807, 2.05) is 0 Å². The topological polar surface area (TPSA) is 15.3 Å². The monoisotopic (exact) mass is 268 g/mol. The Hall–Kier alpha value is -0.0800. The molecular formula is C17H36N2. The molecule has 1 unspecified atom stereocenters. The summed E-state index contributed by atoms with van der Waals surface area (Å²) < 4.78 is 0. The highest BCUT2D eigenvalue weighted by molar-refractivity contribution is 4.89. The van der Waals surface area contributed by atoms with E-state index in [-0.39, 0.29) is 0 Å². The van der Waals surface area contributed by atoms with Crippen LogP contribution in [0.15, 0.2) is 0 Å². The summed E-state index contributed by atoms with van der Waals surface area (Å²) in [5, 5.41) is 3.69. The van der Waals surface area contributed by atoms with Crippen LogP contribution < -0.4 is 5.32 Å². The molecule has 114 valence electrons. The van der Waals surface area contributed by atoms with Gasteiger partial charge < -0.3 is 5.32 Å². The fourth-order valence-electron chi connectivity index (χ4n) is 3.10. The van der Waals surface area contributed by atoms with Crippen LogP contribution >= 0.6 is 0 Å². The zero-order valence-corrected chi connectivity index (χ0v) is 14.0. The number of hydrogen-bond acceptors (Lipinski definition) is 2. The summed E-state index contributed by atoms with van der Waals surface area (Å²) in [7, 11) is 0. The lowest BCUT2D eigenvalue weighted by Crippen LogP contribution is -2.44. The summed E-state index contributed by atoms with van der Waals surface area (Å²) in [5.74, 6) is 0.751. The third-order valence-electron chi connectivity index (χ3n) is 4.12. The van der Waals surface area contributed by atoms with Crippen molar-refractivity contribution in [1.82, 2.24) is 10.2 Å². The Morgan fingerprint density at radius 1 is 1.21 bits per heavy atom. The van der Waals surface area contributed by atoms with E-state index < -0.39 is 0 Å². The standard InChI is InChI=1S/C17H36N2/c1-6-10-17(5,13-18-12-15(3)4)14-19(11-7-2)16-8-9-16/h15-16,18H,6-14H2,1-5H3. The Kier molecular flexibility index (Phi) is 7.38. The summed E-state index contributed by atoms with van der Waals surface area (Å²) in [6.07, 6.45) is 6.79. The molecule has 0 saturated heterocycles. The van der Waals surface area contributed by atoms with Gasteiger partial charge >= 0.3 is 0 Å². The van der Waals surface area contributed by atoms with Gasteiger partial charge in [0.05, 0.1) is 0 Å². The molecule has 2 nitrogen and oxygen atoms in total. The van der Waals surface area contributed by atoms with Gasteiger partial charge in [-0.3, -0.25) is 4.90 Å². The highest BCUT2D eigenvalue weighted by atomic mass is 15.2. The van der Waals surface area contributed by atoms with Crippen molar-refractivity contribution in [1.29, 1.82) is 0 Å². The average Bonchev–Trinajstić information content (AvgIpc) is 3.12. The third kappa shape index (κ3) is 6.76. The maximum atomic E-state index is 3.69. The highest BCUT2D eigenvalue weighted by Crippen LogP contribution is 2.32. The molecule has 1 rings (SSSR count). The van der Waals surface area contributed by atoms with E-state index in [1.54, 1.807) is 0 Å². The summed E-state index contributed by atoms with van der Waals surface area (Å²) in [6.45, 7) is 16.6. The fourth-order valence-corrected chi connectivity index (χ4v) is 3.10. The molecule has 0 amide bonds.